The maximum atomic E-state index is 5.53. The third-order valence-corrected chi connectivity index (χ3v) is 3.78. The Bertz CT molecular complexity index is 270. The average molecular weight is 212 g/mol. The number of nitrogens with two attached hydrogens (primary N) is 1. The molecule has 2 nitrogen and oxygen atoms in total. The molecule has 0 amide bonds. The van der Waals surface area contributed by atoms with Crippen molar-refractivity contribution in [3.63, 3.8) is 0 Å². The molecule has 0 aliphatic heterocycles. The van der Waals surface area contributed by atoms with Crippen LogP contribution < -0.4 is 5.73 Å². The third-order valence-electron chi connectivity index (χ3n) is 2.65. The molecule has 0 aliphatic rings. The standard InChI is InChI=1S/C11H20N2S/c1-4-8(2)5-9(3)11-13-10(6-12)7-14-11/h7-9H,4-6,12H2,1-3H3/t8-,9?/m0/s1. The van der Waals surface area contributed by atoms with Crippen LogP contribution in [0.15, 0.2) is 5.38 Å². The zero-order valence-electron chi connectivity index (χ0n) is 9.29. The number of rotatable bonds is 5. The van der Waals surface area contributed by atoms with Crippen LogP contribution in [0.4, 0.5) is 0 Å². The van der Waals surface area contributed by atoms with Gasteiger partial charge in [0.15, 0.2) is 0 Å². The van der Waals surface area contributed by atoms with Gasteiger partial charge in [-0.1, -0.05) is 27.2 Å². The second-order valence-electron chi connectivity index (χ2n) is 4.03. The van der Waals surface area contributed by atoms with Crippen molar-refractivity contribution in [1.29, 1.82) is 0 Å². The molecule has 0 aromatic carbocycles. The van der Waals surface area contributed by atoms with Gasteiger partial charge in [0.05, 0.1) is 10.7 Å². The highest BCUT2D eigenvalue weighted by molar-refractivity contribution is 7.09. The second-order valence-corrected chi connectivity index (χ2v) is 4.92. The number of hydrogen-bond donors (Lipinski definition) is 1. The molecule has 14 heavy (non-hydrogen) atoms. The number of thiazole rings is 1. The lowest BCUT2D eigenvalue weighted by molar-refractivity contribution is 0.470. The van der Waals surface area contributed by atoms with Crippen LogP contribution in [0.3, 0.4) is 0 Å². The Kier molecular flexibility index (Phi) is 4.55. The van der Waals surface area contributed by atoms with E-state index in [2.05, 4.69) is 31.1 Å². The molecule has 0 fully saturated rings. The predicted octanol–water partition coefficient (Wildman–Crippen LogP) is 3.14. The number of nitrogens with zero attached hydrogens (tertiary/aromatic N) is 1. The van der Waals surface area contributed by atoms with E-state index >= 15 is 0 Å². The Hall–Kier alpha value is -0.410. The lowest BCUT2D eigenvalue weighted by Gasteiger charge is -2.13. The van der Waals surface area contributed by atoms with E-state index in [9.17, 15) is 0 Å². The molecular formula is C11H20N2S. The van der Waals surface area contributed by atoms with Crippen molar-refractivity contribution in [2.24, 2.45) is 11.7 Å². The van der Waals surface area contributed by atoms with E-state index in [0.717, 1.165) is 11.6 Å². The zero-order chi connectivity index (χ0) is 10.6. The molecule has 80 valence electrons. The minimum Gasteiger partial charge on any atom is -0.325 e. The quantitative estimate of drug-likeness (QED) is 0.814. The Balaban J connectivity index is 2.55. The Morgan fingerprint density at radius 3 is 2.71 bits per heavy atom. The van der Waals surface area contributed by atoms with E-state index in [4.69, 9.17) is 5.73 Å². The fourth-order valence-electron chi connectivity index (χ4n) is 1.51. The van der Waals surface area contributed by atoms with Gasteiger partial charge in [0.25, 0.3) is 0 Å². The Labute approximate surface area is 90.6 Å². The molecule has 0 radical (unpaired) electrons. The van der Waals surface area contributed by atoms with Gasteiger partial charge in [0.1, 0.15) is 0 Å². The predicted molar refractivity (Wildman–Crippen MR) is 62.5 cm³/mol. The summed E-state index contributed by atoms with van der Waals surface area (Å²) >= 11 is 1.74. The van der Waals surface area contributed by atoms with Crippen molar-refractivity contribution in [2.75, 3.05) is 0 Å². The average Bonchev–Trinajstić information content (AvgIpc) is 2.65. The molecule has 1 unspecified atom stereocenters. The second kappa shape index (κ2) is 5.47. The van der Waals surface area contributed by atoms with Crippen molar-refractivity contribution >= 4 is 11.3 Å². The maximum Gasteiger partial charge on any atom is 0.0957 e. The molecule has 2 N–H and O–H groups in total. The minimum absolute atomic E-state index is 0.562. The number of hydrogen-bond acceptors (Lipinski definition) is 3. The summed E-state index contributed by atoms with van der Waals surface area (Å²) in [6.45, 7) is 7.36. The molecule has 0 saturated heterocycles. The van der Waals surface area contributed by atoms with Crippen LogP contribution in [0.2, 0.25) is 0 Å². The van der Waals surface area contributed by atoms with E-state index in [1.54, 1.807) is 11.3 Å². The first kappa shape index (κ1) is 11.7. The van der Waals surface area contributed by atoms with Gasteiger partial charge in [-0.2, -0.15) is 0 Å². The van der Waals surface area contributed by atoms with Gasteiger partial charge in [0.2, 0.25) is 0 Å². The molecule has 1 aromatic rings. The van der Waals surface area contributed by atoms with E-state index in [0.29, 0.717) is 12.5 Å². The summed E-state index contributed by atoms with van der Waals surface area (Å²) in [5.41, 5.74) is 6.56. The van der Waals surface area contributed by atoms with Crippen LogP contribution in [0.25, 0.3) is 0 Å². The van der Waals surface area contributed by atoms with Gasteiger partial charge in [-0.3, -0.25) is 0 Å². The summed E-state index contributed by atoms with van der Waals surface area (Å²) in [5.74, 6) is 1.37. The van der Waals surface area contributed by atoms with Crippen molar-refractivity contribution in [3.8, 4) is 0 Å². The van der Waals surface area contributed by atoms with Crippen molar-refractivity contribution < 1.29 is 0 Å². The molecule has 0 saturated carbocycles. The molecule has 2 atom stereocenters. The maximum absolute atomic E-state index is 5.53. The van der Waals surface area contributed by atoms with Crippen LogP contribution in [0.5, 0.6) is 0 Å². The Morgan fingerprint density at radius 2 is 2.21 bits per heavy atom. The van der Waals surface area contributed by atoms with Crippen LogP contribution >= 0.6 is 11.3 Å². The van der Waals surface area contributed by atoms with Gasteiger partial charge >= 0.3 is 0 Å². The van der Waals surface area contributed by atoms with E-state index < -0.39 is 0 Å². The molecule has 3 heteroatoms. The third kappa shape index (κ3) is 3.07. The molecule has 0 bridgehead atoms. The Morgan fingerprint density at radius 1 is 1.50 bits per heavy atom. The SMILES string of the molecule is CC[C@H](C)CC(C)c1nc(CN)cs1. The topological polar surface area (TPSA) is 38.9 Å². The van der Waals surface area contributed by atoms with Crippen molar-refractivity contribution in [1.82, 2.24) is 4.98 Å². The van der Waals surface area contributed by atoms with Gasteiger partial charge in [0, 0.05) is 17.8 Å². The first-order valence-electron chi connectivity index (χ1n) is 5.31. The van der Waals surface area contributed by atoms with Gasteiger partial charge in [-0.05, 0) is 12.3 Å². The summed E-state index contributed by atoms with van der Waals surface area (Å²) in [6.07, 6.45) is 2.48. The lowest BCUT2D eigenvalue weighted by Crippen LogP contribution is -2.02. The highest BCUT2D eigenvalue weighted by Gasteiger charge is 2.12. The van der Waals surface area contributed by atoms with Crippen molar-refractivity contribution in [3.05, 3.63) is 16.1 Å². The molecule has 0 spiro atoms. The normalized spacial score (nSPS) is 15.4. The molecule has 1 heterocycles. The van der Waals surface area contributed by atoms with Gasteiger partial charge in [-0.25, -0.2) is 4.98 Å². The summed E-state index contributed by atoms with van der Waals surface area (Å²) < 4.78 is 0. The molecule has 1 rings (SSSR count). The largest absolute Gasteiger partial charge is 0.325 e. The molecule has 0 aliphatic carbocycles. The first-order chi connectivity index (χ1) is 6.67. The van der Waals surface area contributed by atoms with Crippen LogP contribution in [-0.2, 0) is 6.54 Å². The zero-order valence-corrected chi connectivity index (χ0v) is 10.1. The summed E-state index contributed by atoms with van der Waals surface area (Å²) in [5, 5.41) is 3.31. The molecular weight excluding hydrogens is 192 g/mol. The van der Waals surface area contributed by atoms with Crippen LogP contribution in [-0.4, -0.2) is 4.98 Å². The lowest BCUT2D eigenvalue weighted by atomic mass is 9.96. The van der Waals surface area contributed by atoms with Crippen LogP contribution in [0.1, 0.15) is 50.2 Å². The number of aromatic nitrogens is 1. The van der Waals surface area contributed by atoms with Crippen molar-refractivity contribution in [2.45, 2.75) is 46.1 Å². The van der Waals surface area contributed by atoms with E-state index in [-0.39, 0.29) is 0 Å². The summed E-state index contributed by atoms with van der Waals surface area (Å²) in [6, 6.07) is 0. The summed E-state index contributed by atoms with van der Waals surface area (Å²) in [4.78, 5) is 4.51. The van der Waals surface area contributed by atoms with Gasteiger partial charge < -0.3 is 5.73 Å². The fraction of sp³-hybridized carbons (Fsp3) is 0.727. The van der Waals surface area contributed by atoms with E-state index in [1.807, 2.05) is 0 Å². The summed E-state index contributed by atoms with van der Waals surface area (Å²) in [7, 11) is 0. The highest BCUT2D eigenvalue weighted by atomic mass is 32.1. The minimum atomic E-state index is 0.562. The van der Waals surface area contributed by atoms with Crippen LogP contribution in [0, 0.1) is 5.92 Å². The molecule has 1 aromatic heterocycles. The smallest absolute Gasteiger partial charge is 0.0957 e. The highest BCUT2D eigenvalue weighted by Crippen LogP contribution is 2.27. The fourth-order valence-corrected chi connectivity index (χ4v) is 2.42. The van der Waals surface area contributed by atoms with Gasteiger partial charge in [-0.15, -0.1) is 11.3 Å². The monoisotopic (exact) mass is 212 g/mol. The first-order valence-corrected chi connectivity index (χ1v) is 6.19. The van der Waals surface area contributed by atoms with E-state index in [1.165, 1.54) is 17.8 Å².